The maximum absolute atomic E-state index is 6.02. The van der Waals surface area contributed by atoms with Gasteiger partial charge in [0, 0.05) is 19.1 Å². The van der Waals surface area contributed by atoms with Gasteiger partial charge < -0.3 is 5.73 Å². The van der Waals surface area contributed by atoms with Crippen LogP contribution in [0.5, 0.6) is 0 Å². The molecule has 0 saturated heterocycles. The minimum atomic E-state index is 0.290. The Morgan fingerprint density at radius 2 is 1.67 bits per heavy atom. The van der Waals surface area contributed by atoms with E-state index in [9.17, 15) is 0 Å². The van der Waals surface area contributed by atoms with Crippen molar-refractivity contribution in [3.8, 4) is 0 Å². The summed E-state index contributed by atoms with van der Waals surface area (Å²) in [6, 6.07) is 6.78. The standard InChI is InChI=1S/C16H28N2/c1-12-8-7-9-13(2)15(12)14(10-17)18(6)11-16(3,4)5/h7-9,14H,10-11,17H2,1-6H3. The monoisotopic (exact) mass is 248 g/mol. The Balaban J connectivity index is 3.03. The number of nitrogens with zero attached hydrogens (tertiary/aromatic N) is 1. The van der Waals surface area contributed by atoms with E-state index in [4.69, 9.17) is 5.73 Å². The van der Waals surface area contributed by atoms with Crippen molar-refractivity contribution in [3.63, 3.8) is 0 Å². The highest BCUT2D eigenvalue weighted by molar-refractivity contribution is 5.36. The van der Waals surface area contributed by atoms with Gasteiger partial charge in [0.1, 0.15) is 0 Å². The van der Waals surface area contributed by atoms with Gasteiger partial charge >= 0.3 is 0 Å². The molecule has 0 heterocycles. The summed E-state index contributed by atoms with van der Waals surface area (Å²) in [4.78, 5) is 2.38. The Hall–Kier alpha value is -0.860. The molecule has 1 atom stereocenters. The summed E-state index contributed by atoms with van der Waals surface area (Å²) >= 11 is 0. The number of hydrogen-bond donors (Lipinski definition) is 1. The first-order valence-corrected chi connectivity index (χ1v) is 6.72. The summed E-state index contributed by atoms with van der Waals surface area (Å²) in [7, 11) is 2.18. The maximum Gasteiger partial charge on any atom is 0.0472 e. The Kier molecular flexibility index (Phi) is 4.94. The number of hydrogen-bond acceptors (Lipinski definition) is 2. The minimum Gasteiger partial charge on any atom is -0.329 e. The average Bonchev–Trinajstić information content (AvgIpc) is 2.20. The fourth-order valence-corrected chi connectivity index (χ4v) is 2.73. The van der Waals surface area contributed by atoms with Crippen LogP contribution in [0.4, 0.5) is 0 Å². The molecule has 18 heavy (non-hydrogen) atoms. The Morgan fingerprint density at radius 3 is 2.06 bits per heavy atom. The van der Waals surface area contributed by atoms with Crippen molar-refractivity contribution in [1.82, 2.24) is 4.90 Å². The third-order valence-corrected chi connectivity index (χ3v) is 3.35. The number of rotatable bonds is 4. The van der Waals surface area contributed by atoms with Crippen LogP contribution in [-0.2, 0) is 0 Å². The molecule has 0 aromatic heterocycles. The highest BCUT2D eigenvalue weighted by Crippen LogP contribution is 2.28. The van der Waals surface area contributed by atoms with Crippen LogP contribution in [0.15, 0.2) is 18.2 Å². The molecule has 102 valence electrons. The van der Waals surface area contributed by atoms with Crippen molar-refractivity contribution in [3.05, 3.63) is 34.9 Å². The van der Waals surface area contributed by atoms with E-state index in [-0.39, 0.29) is 0 Å². The molecule has 0 aliphatic carbocycles. The molecular formula is C16H28N2. The Morgan fingerprint density at radius 1 is 1.17 bits per heavy atom. The summed E-state index contributed by atoms with van der Waals surface area (Å²) in [6.45, 7) is 12.9. The van der Waals surface area contributed by atoms with Gasteiger partial charge in [-0.05, 0) is 43.0 Å². The van der Waals surface area contributed by atoms with E-state index in [0.717, 1.165) is 6.54 Å². The van der Waals surface area contributed by atoms with Crippen molar-refractivity contribution >= 4 is 0 Å². The van der Waals surface area contributed by atoms with E-state index in [1.807, 2.05) is 0 Å². The van der Waals surface area contributed by atoms with E-state index in [0.29, 0.717) is 18.0 Å². The van der Waals surface area contributed by atoms with Crippen molar-refractivity contribution in [2.75, 3.05) is 20.1 Å². The number of nitrogens with two attached hydrogens (primary N) is 1. The van der Waals surface area contributed by atoms with E-state index < -0.39 is 0 Å². The molecule has 0 amide bonds. The van der Waals surface area contributed by atoms with Crippen LogP contribution in [0, 0.1) is 19.3 Å². The van der Waals surface area contributed by atoms with Crippen LogP contribution in [0.2, 0.25) is 0 Å². The normalized spacial score (nSPS) is 14.0. The number of aryl methyl sites for hydroxylation is 2. The molecule has 0 spiro atoms. The fraction of sp³-hybridized carbons (Fsp3) is 0.625. The van der Waals surface area contributed by atoms with Gasteiger partial charge in [0.2, 0.25) is 0 Å². The highest BCUT2D eigenvalue weighted by Gasteiger charge is 2.23. The first-order chi connectivity index (χ1) is 8.26. The third kappa shape index (κ3) is 3.82. The van der Waals surface area contributed by atoms with Crippen LogP contribution in [0.25, 0.3) is 0 Å². The van der Waals surface area contributed by atoms with E-state index >= 15 is 0 Å². The smallest absolute Gasteiger partial charge is 0.0472 e. The van der Waals surface area contributed by atoms with Crippen LogP contribution >= 0.6 is 0 Å². The molecule has 0 saturated carbocycles. The molecule has 1 unspecified atom stereocenters. The number of likely N-dealkylation sites (N-methyl/N-ethyl adjacent to an activating group) is 1. The molecule has 2 N–H and O–H groups in total. The maximum atomic E-state index is 6.02. The zero-order chi connectivity index (χ0) is 13.9. The first kappa shape index (κ1) is 15.2. The van der Waals surface area contributed by atoms with Gasteiger partial charge in [-0.15, -0.1) is 0 Å². The summed E-state index contributed by atoms with van der Waals surface area (Å²) in [5.41, 5.74) is 10.4. The summed E-state index contributed by atoms with van der Waals surface area (Å²) < 4.78 is 0. The molecule has 0 fully saturated rings. The van der Waals surface area contributed by atoms with E-state index in [1.165, 1.54) is 16.7 Å². The van der Waals surface area contributed by atoms with Gasteiger partial charge in [-0.1, -0.05) is 39.0 Å². The molecule has 0 bridgehead atoms. The molecule has 2 heteroatoms. The SMILES string of the molecule is Cc1cccc(C)c1C(CN)N(C)CC(C)(C)C. The molecule has 0 aliphatic rings. The summed E-state index contributed by atoms with van der Waals surface area (Å²) in [6.07, 6.45) is 0. The second-order valence-corrected chi connectivity index (χ2v) is 6.53. The van der Waals surface area contributed by atoms with Gasteiger partial charge in [0.25, 0.3) is 0 Å². The second kappa shape index (κ2) is 5.85. The Bertz CT molecular complexity index is 370. The van der Waals surface area contributed by atoms with E-state index in [1.54, 1.807) is 0 Å². The highest BCUT2D eigenvalue weighted by atomic mass is 15.1. The van der Waals surface area contributed by atoms with Crippen LogP contribution in [0.3, 0.4) is 0 Å². The van der Waals surface area contributed by atoms with Crippen LogP contribution < -0.4 is 5.73 Å². The van der Waals surface area contributed by atoms with Crippen molar-refractivity contribution < 1.29 is 0 Å². The molecule has 1 rings (SSSR count). The number of benzene rings is 1. The predicted molar refractivity (Wildman–Crippen MR) is 79.8 cm³/mol. The average molecular weight is 248 g/mol. The molecule has 2 nitrogen and oxygen atoms in total. The molecule has 1 aromatic rings. The van der Waals surface area contributed by atoms with Crippen LogP contribution in [0.1, 0.15) is 43.5 Å². The molecule has 1 aromatic carbocycles. The molecular weight excluding hydrogens is 220 g/mol. The van der Waals surface area contributed by atoms with Gasteiger partial charge in [-0.2, -0.15) is 0 Å². The summed E-state index contributed by atoms with van der Waals surface area (Å²) in [5.74, 6) is 0. The topological polar surface area (TPSA) is 29.3 Å². The van der Waals surface area contributed by atoms with Crippen molar-refractivity contribution in [1.29, 1.82) is 0 Å². The van der Waals surface area contributed by atoms with E-state index in [2.05, 4.69) is 64.8 Å². The van der Waals surface area contributed by atoms with Crippen LogP contribution in [-0.4, -0.2) is 25.0 Å². The lowest BCUT2D eigenvalue weighted by atomic mass is 9.91. The van der Waals surface area contributed by atoms with Gasteiger partial charge in [0.05, 0.1) is 0 Å². The molecule has 0 aliphatic heterocycles. The zero-order valence-electron chi connectivity index (χ0n) is 12.7. The minimum absolute atomic E-state index is 0.290. The quantitative estimate of drug-likeness (QED) is 0.886. The second-order valence-electron chi connectivity index (χ2n) is 6.53. The van der Waals surface area contributed by atoms with Gasteiger partial charge in [-0.25, -0.2) is 0 Å². The molecule has 0 radical (unpaired) electrons. The first-order valence-electron chi connectivity index (χ1n) is 6.72. The fourth-order valence-electron chi connectivity index (χ4n) is 2.73. The lowest BCUT2D eigenvalue weighted by Crippen LogP contribution is -2.37. The predicted octanol–water partition coefficient (Wildman–Crippen LogP) is 3.28. The zero-order valence-corrected chi connectivity index (χ0v) is 12.7. The van der Waals surface area contributed by atoms with Gasteiger partial charge in [-0.3, -0.25) is 4.90 Å². The Labute approximate surface area is 112 Å². The largest absolute Gasteiger partial charge is 0.329 e. The third-order valence-electron chi connectivity index (χ3n) is 3.35. The van der Waals surface area contributed by atoms with Gasteiger partial charge in [0.15, 0.2) is 0 Å². The summed E-state index contributed by atoms with van der Waals surface area (Å²) in [5, 5.41) is 0. The van der Waals surface area contributed by atoms with Crippen molar-refractivity contribution in [2.24, 2.45) is 11.1 Å². The van der Waals surface area contributed by atoms with Crippen molar-refractivity contribution in [2.45, 2.75) is 40.7 Å². The lowest BCUT2D eigenvalue weighted by molar-refractivity contribution is 0.175. The lowest BCUT2D eigenvalue weighted by Gasteiger charge is -2.34.